The predicted molar refractivity (Wildman–Crippen MR) is 88.5 cm³/mol. The molecule has 0 unspecified atom stereocenters. The van der Waals surface area contributed by atoms with Crippen LogP contribution in [-0.2, 0) is 6.42 Å². The van der Waals surface area contributed by atoms with Gasteiger partial charge in [-0.3, -0.25) is 4.98 Å². The van der Waals surface area contributed by atoms with E-state index in [2.05, 4.69) is 18.0 Å². The summed E-state index contributed by atoms with van der Waals surface area (Å²) < 4.78 is 0. The van der Waals surface area contributed by atoms with Crippen LogP contribution in [0.1, 0.15) is 50.2 Å². The van der Waals surface area contributed by atoms with Gasteiger partial charge in [0.2, 0.25) is 0 Å². The van der Waals surface area contributed by atoms with Crippen molar-refractivity contribution >= 4 is 0 Å². The standard InChI is InChI=1S/C19H22N2O/c1-2-3-4-5-6-7-15-9-11-18(21-14-15)17-10-8-16(13-20)12-19(17)22/h8-12,14,22H,2-7H2,1H3. The molecule has 0 atom stereocenters. The Balaban J connectivity index is 1.98. The number of nitriles is 1. The zero-order valence-corrected chi connectivity index (χ0v) is 13.0. The minimum atomic E-state index is 0.0962. The summed E-state index contributed by atoms with van der Waals surface area (Å²) in [5.74, 6) is 0.0962. The summed E-state index contributed by atoms with van der Waals surface area (Å²) in [6, 6.07) is 10.9. The molecular formula is C19H22N2O. The molecule has 2 rings (SSSR count). The number of phenolic OH excluding ortho intramolecular Hbond substituents is 1. The maximum atomic E-state index is 9.98. The molecule has 0 saturated heterocycles. The molecule has 0 fully saturated rings. The predicted octanol–water partition coefficient (Wildman–Crippen LogP) is 4.84. The molecule has 0 radical (unpaired) electrons. The van der Waals surface area contributed by atoms with Gasteiger partial charge in [0.15, 0.2) is 0 Å². The molecule has 0 aliphatic heterocycles. The summed E-state index contributed by atoms with van der Waals surface area (Å²) in [4.78, 5) is 4.44. The molecule has 1 heterocycles. The molecular weight excluding hydrogens is 272 g/mol. The summed E-state index contributed by atoms with van der Waals surface area (Å²) in [5, 5.41) is 18.8. The number of rotatable bonds is 7. The highest BCUT2D eigenvalue weighted by molar-refractivity contribution is 5.68. The molecule has 114 valence electrons. The highest BCUT2D eigenvalue weighted by Gasteiger charge is 2.06. The fourth-order valence-electron chi connectivity index (χ4n) is 2.48. The van der Waals surface area contributed by atoms with Gasteiger partial charge in [0.05, 0.1) is 17.3 Å². The van der Waals surface area contributed by atoms with Crippen LogP contribution in [-0.4, -0.2) is 10.1 Å². The topological polar surface area (TPSA) is 56.9 Å². The summed E-state index contributed by atoms with van der Waals surface area (Å²) in [6.07, 6.45) is 9.29. The molecule has 22 heavy (non-hydrogen) atoms. The van der Waals surface area contributed by atoms with E-state index in [1.165, 1.54) is 43.7 Å². The van der Waals surface area contributed by atoms with Gasteiger partial charge >= 0.3 is 0 Å². The third kappa shape index (κ3) is 4.33. The average Bonchev–Trinajstić information content (AvgIpc) is 2.55. The van der Waals surface area contributed by atoms with Crippen LogP contribution < -0.4 is 0 Å². The van der Waals surface area contributed by atoms with Crippen LogP contribution >= 0.6 is 0 Å². The van der Waals surface area contributed by atoms with E-state index in [9.17, 15) is 5.11 Å². The van der Waals surface area contributed by atoms with Gasteiger partial charge < -0.3 is 5.11 Å². The van der Waals surface area contributed by atoms with Crippen LogP contribution in [0.5, 0.6) is 5.75 Å². The number of benzene rings is 1. The monoisotopic (exact) mass is 294 g/mol. The van der Waals surface area contributed by atoms with Crippen LogP contribution in [0, 0.1) is 11.3 Å². The number of nitrogens with zero attached hydrogens (tertiary/aromatic N) is 2. The molecule has 0 aliphatic rings. The van der Waals surface area contributed by atoms with E-state index in [1.807, 2.05) is 18.3 Å². The molecule has 1 aromatic heterocycles. The van der Waals surface area contributed by atoms with Gasteiger partial charge in [-0.25, -0.2) is 0 Å². The first-order valence-corrected chi connectivity index (χ1v) is 7.93. The maximum Gasteiger partial charge on any atom is 0.126 e. The van der Waals surface area contributed by atoms with Gasteiger partial charge in [-0.1, -0.05) is 38.7 Å². The SMILES string of the molecule is CCCCCCCc1ccc(-c2ccc(C#N)cc2O)nc1. The van der Waals surface area contributed by atoms with Crippen molar-refractivity contribution in [2.45, 2.75) is 45.4 Å². The minimum absolute atomic E-state index is 0.0962. The second kappa shape index (κ2) is 8.19. The Morgan fingerprint density at radius 3 is 2.55 bits per heavy atom. The second-order valence-electron chi connectivity index (χ2n) is 5.56. The summed E-state index contributed by atoms with van der Waals surface area (Å²) in [7, 11) is 0. The lowest BCUT2D eigenvalue weighted by molar-refractivity contribution is 0.477. The van der Waals surface area contributed by atoms with Gasteiger partial charge in [-0.15, -0.1) is 0 Å². The van der Waals surface area contributed by atoms with Crippen molar-refractivity contribution in [3.63, 3.8) is 0 Å². The number of hydrogen-bond donors (Lipinski definition) is 1. The van der Waals surface area contributed by atoms with E-state index in [0.717, 1.165) is 12.1 Å². The molecule has 1 aromatic carbocycles. The van der Waals surface area contributed by atoms with Crippen molar-refractivity contribution in [3.8, 4) is 23.1 Å². The normalized spacial score (nSPS) is 10.4. The van der Waals surface area contributed by atoms with E-state index < -0.39 is 0 Å². The first-order valence-electron chi connectivity index (χ1n) is 7.93. The fraction of sp³-hybridized carbons (Fsp3) is 0.368. The van der Waals surface area contributed by atoms with E-state index in [1.54, 1.807) is 12.1 Å². The van der Waals surface area contributed by atoms with Crippen LogP contribution in [0.25, 0.3) is 11.3 Å². The van der Waals surface area contributed by atoms with Crippen molar-refractivity contribution in [2.75, 3.05) is 0 Å². The lowest BCUT2D eigenvalue weighted by Crippen LogP contribution is -1.90. The molecule has 1 N–H and O–H groups in total. The first-order chi connectivity index (χ1) is 10.7. The van der Waals surface area contributed by atoms with Crippen LogP contribution in [0.15, 0.2) is 36.5 Å². The Morgan fingerprint density at radius 2 is 1.91 bits per heavy atom. The minimum Gasteiger partial charge on any atom is -0.507 e. The Kier molecular flexibility index (Phi) is 5.97. The Bertz CT molecular complexity index is 641. The van der Waals surface area contributed by atoms with Crippen LogP contribution in [0.4, 0.5) is 0 Å². The molecule has 0 bridgehead atoms. The molecule has 3 nitrogen and oxygen atoms in total. The van der Waals surface area contributed by atoms with Gasteiger partial charge in [-0.2, -0.15) is 5.26 Å². The number of phenols is 1. The van der Waals surface area contributed by atoms with Gasteiger partial charge in [0.25, 0.3) is 0 Å². The molecule has 0 spiro atoms. The van der Waals surface area contributed by atoms with Gasteiger partial charge in [0, 0.05) is 11.8 Å². The Morgan fingerprint density at radius 1 is 1.09 bits per heavy atom. The van der Waals surface area contributed by atoms with Crippen molar-refractivity contribution in [3.05, 3.63) is 47.7 Å². The quantitative estimate of drug-likeness (QED) is 0.743. The number of aromatic hydroxyl groups is 1. The smallest absolute Gasteiger partial charge is 0.126 e. The van der Waals surface area contributed by atoms with Crippen molar-refractivity contribution < 1.29 is 5.11 Å². The third-order valence-corrected chi connectivity index (χ3v) is 3.80. The fourth-order valence-corrected chi connectivity index (χ4v) is 2.48. The van der Waals surface area contributed by atoms with Crippen molar-refractivity contribution in [1.29, 1.82) is 5.26 Å². The molecule has 2 aromatic rings. The second-order valence-corrected chi connectivity index (χ2v) is 5.56. The zero-order valence-electron chi connectivity index (χ0n) is 13.0. The third-order valence-electron chi connectivity index (χ3n) is 3.80. The van der Waals surface area contributed by atoms with E-state index in [-0.39, 0.29) is 5.75 Å². The molecule has 0 aliphatic carbocycles. The molecule has 0 saturated carbocycles. The van der Waals surface area contributed by atoms with Gasteiger partial charge in [0.1, 0.15) is 5.75 Å². The van der Waals surface area contributed by atoms with Crippen molar-refractivity contribution in [2.24, 2.45) is 0 Å². The van der Waals surface area contributed by atoms with E-state index in [4.69, 9.17) is 5.26 Å². The van der Waals surface area contributed by atoms with Crippen LogP contribution in [0.2, 0.25) is 0 Å². The Hall–Kier alpha value is -2.34. The number of aryl methyl sites for hydroxylation is 1. The average molecular weight is 294 g/mol. The van der Waals surface area contributed by atoms with Crippen molar-refractivity contribution in [1.82, 2.24) is 4.98 Å². The Labute approximate surface area is 132 Å². The number of pyridine rings is 1. The highest BCUT2D eigenvalue weighted by atomic mass is 16.3. The molecule has 0 amide bonds. The van der Waals surface area contributed by atoms with E-state index >= 15 is 0 Å². The zero-order chi connectivity index (χ0) is 15.8. The first kappa shape index (κ1) is 16.0. The lowest BCUT2D eigenvalue weighted by atomic mass is 10.0. The van der Waals surface area contributed by atoms with Gasteiger partial charge in [-0.05, 0) is 42.7 Å². The molecule has 3 heteroatoms. The number of aromatic nitrogens is 1. The largest absolute Gasteiger partial charge is 0.507 e. The number of unbranched alkanes of at least 4 members (excludes halogenated alkanes) is 4. The summed E-state index contributed by atoms with van der Waals surface area (Å²) >= 11 is 0. The highest BCUT2D eigenvalue weighted by Crippen LogP contribution is 2.28. The maximum absolute atomic E-state index is 9.98. The summed E-state index contributed by atoms with van der Waals surface area (Å²) in [5.41, 5.74) is 3.07. The lowest BCUT2D eigenvalue weighted by Gasteiger charge is -2.06. The number of hydrogen-bond acceptors (Lipinski definition) is 3. The van der Waals surface area contributed by atoms with E-state index in [0.29, 0.717) is 11.1 Å². The van der Waals surface area contributed by atoms with Crippen LogP contribution in [0.3, 0.4) is 0 Å². The summed E-state index contributed by atoms with van der Waals surface area (Å²) in [6.45, 7) is 2.22.